The molecule has 0 radical (unpaired) electrons. The van der Waals surface area contributed by atoms with Crippen LogP contribution in [-0.4, -0.2) is 26.6 Å². The minimum absolute atomic E-state index is 0.154. The van der Waals surface area contributed by atoms with E-state index < -0.39 is 15.9 Å². The van der Waals surface area contributed by atoms with Crippen LogP contribution in [0.25, 0.3) is 0 Å². The molecule has 6 nitrogen and oxygen atoms in total. The minimum atomic E-state index is -3.93. The molecule has 0 spiro atoms. The van der Waals surface area contributed by atoms with Crippen LogP contribution in [0.15, 0.2) is 52.5 Å². The predicted octanol–water partition coefficient (Wildman–Crippen LogP) is 4.63. The number of rotatable bonds is 6. The SMILES string of the molecule is Cc1ccc(S(=O)(=O)N(CC(=O)NN=C2CCCCCC2)c2ccc(C)cc2C)cc1. The number of sulfonamides is 1. The van der Waals surface area contributed by atoms with Crippen LogP contribution in [-0.2, 0) is 14.8 Å². The first-order valence-corrected chi connectivity index (χ1v) is 12.2. The van der Waals surface area contributed by atoms with Gasteiger partial charge in [0.05, 0.1) is 10.6 Å². The normalized spacial score (nSPS) is 14.6. The second kappa shape index (κ2) is 10.1. The zero-order chi connectivity index (χ0) is 22.4. The fourth-order valence-electron chi connectivity index (χ4n) is 3.78. The number of hydrogen-bond donors (Lipinski definition) is 1. The van der Waals surface area contributed by atoms with Crippen molar-refractivity contribution in [3.8, 4) is 0 Å². The smallest absolute Gasteiger partial charge is 0.264 e. The molecule has 2 aromatic rings. The summed E-state index contributed by atoms with van der Waals surface area (Å²) in [5, 5.41) is 4.29. The van der Waals surface area contributed by atoms with Crippen LogP contribution in [0.4, 0.5) is 5.69 Å². The summed E-state index contributed by atoms with van der Waals surface area (Å²) in [6, 6.07) is 12.2. The molecule has 3 rings (SSSR count). The molecule has 0 saturated heterocycles. The van der Waals surface area contributed by atoms with Crippen LogP contribution in [0.2, 0.25) is 0 Å². The zero-order valence-electron chi connectivity index (χ0n) is 18.5. The van der Waals surface area contributed by atoms with Gasteiger partial charge >= 0.3 is 0 Å². The lowest BCUT2D eigenvalue weighted by Crippen LogP contribution is -2.40. The van der Waals surface area contributed by atoms with Crippen molar-refractivity contribution in [1.82, 2.24) is 5.43 Å². The van der Waals surface area contributed by atoms with Crippen LogP contribution in [0, 0.1) is 20.8 Å². The summed E-state index contributed by atoms with van der Waals surface area (Å²) >= 11 is 0. The summed E-state index contributed by atoms with van der Waals surface area (Å²) in [5.74, 6) is -0.451. The Morgan fingerprint density at radius 2 is 1.55 bits per heavy atom. The van der Waals surface area contributed by atoms with Crippen molar-refractivity contribution >= 4 is 27.3 Å². The summed E-state index contributed by atoms with van der Waals surface area (Å²) in [6.07, 6.45) is 6.27. The van der Waals surface area contributed by atoms with Gasteiger partial charge in [-0.15, -0.1) is 0 Å². The fraction of sp³-hybridized carbons (Fsp3) is 0.417. The second-order valence-corrected chi connectivity index (χ2v) is 10.1. The summed E-state index contributed by atoms with van der Waals surface area (Å²) in [6.45, 7) is 5.37. The zero-order valence-corrected chi connectivity index (χ0v) is 19.3. The molecule has 0 atom stereocenters. The van der Waals surface area contributed by atoms with Gasteiger partial charge in [0, 0.05) is 5.71 Å². The molecule has 0 aliphatic heterocycles. The first-order valence-electron chi connectivity index (χ1n) is 10.8. The number of nitrogens with one attached hydrogen (secondary N) is 1. The number of aryl methyl sites for hydroxylation is 3. The average Bonchev–Trinajstić information content (AvgIpc) is 3.00. The predicted molar refractivity (Wildman–Crippen MR) is 125 cm³/mol. The third-order valence-electron chi connectivity index (χ3n) is 5.54. The van der Waals surface area contributed by atoms with E-state index in [1.54, 1.807) is 30.3 Å². The molecule has 31 heavy (non-hydrogen) atoms. The number of hydrazone groups is 1. The third-order valence-corrected chi connectivity index (χ3v) is 7.31. The lowest BCUT2D eigenvalue weighted by atomic mass is 10.1. The van der Waals surface area contributed by atoms with Crippen LogP contribution in [0.5, 0.6) is 0 Å². The van der Waals surface area contributed by atoms with Gasteiger partial charge in [0.2, 0.25) is 0 Å². The van der Waals surface area contributed by atoms with E-state index in [0.717, 1.165) is 48.1 Å². The molecule has 1 saturated carbocycles. The van der Waals surface area contributed by atoms with Crippen molar-refractivity contribution in [3.63, 3.8) is 0 Å². The Morgan fingerprint density at radius 3 is 2.16 bits per heavy atom. The van der Waals surface area contributed by atoms with Crippen LogP contribution in [0.3, 0.4) is 0 Å². The Morgan fingerprint density at radius 1 is 0.935 bits per heavy atom. The van der Waals surface area contributed by atoms with Crippen molar-refractivity contribution in [2.24, 2.45) is 5.10 Å². The van der Waals surface area contributed by atoms with Gasteiger partial charge in [0.1, 0.15) is 6.54 Å². The summed E-state index contributed by atoms with van der Waals surface area (Å²) < 4.78 is 28.1. The topological polar surface area (TPSA) is 78.8 Å². The quantitative estimate of drug-likeness (QED) is 0.524. The third kappa shape index (κ3) is 5.94. The lowest BCUT2D eigenvalue weighted by Gasteiger charge is -2.25. The van der Waals surface area contributed by atoms with Crippen molar-refractivity contribution in [2.45, 2.75) is 64.2 Å². The highest BCUT2D eigenvalue weighted by Gasteiger charge is 2.28. The first-order chi connectivity index (χ1) is 14.8. The van der Waals surface area contributed by atoms with Crippen LogP contribution >= 0.6 is 0 Å². The molecule has 0 unspecified atom stereocenters. The number of nitrogens with zero attached hydrogens (tertiary/aromatic N) is 2. The number of carbonyl (C=O) groups is 1. The van der Waals surface area contributed by atoms with Gasteiger partial charge in [0.15, 0.2) is 0 Å². The number of benzene rings is 2. The standard InChI is InChI=1S/C24H31N3O3S/c1-18-10-13-22(14-11-18)31(29,30)27(23-15-12-19(2)16-20(23)3)17-24(28)26-25-21-8-6-4-5-7-9-21/h10-16H,4-9,17H2,1-3H3,(H,26,28). The van der Waals surface area contributed by atoms with Crippen molar-refractivity contribution in [3.05, 3.63) is 59.2 Å². The van der Waals surface area contributed by atoms with Gasteiger partial charge in [0.25, 0.3) is 15.9 Å². The largest absolute Gasteiger partial charge is 0.271 e. The average molecular weight is 442 g/mol. The minimum Gasteiger partial charge on any atom is -0.271 e. The number of amides is 1. The summed E-state index contributed by atoms with van der Waals surface area (Å²) in [4.78, 5) is 12.9. The fourth-order valence-corrected chi connectivity index (χ4v) is 5.26. The molecule has 1 aliphatic carbocycles. The highest BCUT2D eigenvalue weighted by Crippen LogP contribution is 2.27. The maximum Gasteiger partial charge on any atom is 0.264 e. The van der Waals surface area contributed by atoms with E-state index in [-0.39, 0.29) is 11.4 Å². The van der Waals surface area contributed by atoms with Gasteiger partial charge in [-0.3, -0.25) is 9.10 Å². The monoisotopic (exact) mass is 441 g/mol. The molecule has 0 aromatic heterocycles. The molecule has 0 heterocycles. The Balaban J connectivity index is 1.89. The van der Waals surface area contributed by atoms with E-state index in [0.29, 0.717) is 5.69 Å². The van der Waals surface area contributed by atoms with E-state index in [1.165, 1.54) is 17.1 Å². The molecule has 1 N–H and O–H groups in total. The van der Waals surface area contributed by atoms with Gasteiger partial charge in [-0.1, -0.05) is 48.2 Å². The Kier molecular flexibility index (Phi) is 7.49. The van der Waals surface area contributed by atoms with Crippen LogP contribution < -0.4 is 9.73 Å². The van der Waals surface area contributed by atoms with Gasteiger partial charge in [-0.25, -0.2) is 13.8 Å². The van der Waals surface area contributed by atoms with Gasteiger partial charge < -0.3 is 0 Å². The van der Waals surface area contributed by atoms with E-state index >= 15 is 0 Å². The number of anilines is 1. The van der Waals surface area contributed by atoms with E-state index in [9.17, 15) is 13.2 Å². The second-order valence-electron chi connectivity index (χ2n) is 8.24. The van der Waals surface area contributed by atoms with Crippen molar-refractivity contribution in [1.29, 1.82) is 0 Å². The van der Waals surface area contributed by atoms with Gasteiger partial charge in [-0.05, 0) is 70.2 Å². The highest BCUT2D eigenvalue weighted by molar-refractivity contribution is 7.92. The number of hydrogen-bond acceptors (Lipinski definition) is 4. The molecule has 166 valence electrons. The van der Waals surface area contributed by atoms with Gasteiger partial charge in [-0.2, -0.15) is 5.10 Å². The maximum atomic E-state index is 13.5. The van der Waals surface area contributed by atoms with E-state index in [4.69, 9.17) is 0 Å². The molecule has 1 amide bonds. The molecular weight excluding hydrogens is 410 g/mol. The van der Waals surface area contributed by atoms with Crippen molar-refractivity contribution < 1.29 is 13.2 Å². The molecule has 2 aromatic carbocycles. The lowest BCUT2D eigenvalue weighted by molar-refractivity contribution is -0.119. The van der Waals surface area contributed by atoms with E-state index in [1.807, 2.05) is 32.9 Å². The molecule has 1 fully saturated rings. The molecular formula is C24H31N3O3S. The van der Waals surface area contributed by atoms with Crippen LogP contribution in [0.1, 0.15) is 55.2 Å². The maximum absolute atomic E-state index is 13.5. The summed E-state index contributed by atoms with van der Waals surface area (Å²) in [7, 11) is -3.93. The van der Waals surface area contributed by atoms with E-state index in [2.05, 4.69) is 10.5 Å². The molecule has 1 aliphatic rings. The first kappa shape index (κ1) is 23.0. The number of carbonyl (C=O) groups excluding carboxylic acids is 1. The molecule has 0 bridgehead atoms. The van der Waals surface area contributed by atoms with Crippen molar-refractivity contribution in [2.75, 3.05) is 10.8 Å². The highest BCUT2D eigenvalue weighted by atomic mass is 32.2. The summed E-state index contributed by atoms with van der Waals surface area (Å²) in [5.41, 5.74) is 6.84. The Bertz CT molecular complexity index is 1050. The Labute approximate surface area is 185 Å². The molecule has 7 heteroatoms. The Hall–Kier alpha value is -2.67.